The zero-order valence-electron chi connectivity index (χ0n) is 11.8. The molecular formula is C10H16F7O4P. The van der Waals surface area contributed by atoms with E-state index in [1.165, 1.54) is 13.8 Å². The van der Waals surface area contributed by atoms with Crippen LogP contribution in [0.5, 0.6) is 0 Å². The second-order valence-corrected chi connectivity index (χ2v) is 5.81. The first-order chi connectivity index (χ1) is 9.79. The quantitative estimate of drug-likeness (QED) is 0.398. The fourth-order valence-corrected chi connectivity index (χ4v) is 2.46. The predicted octanol–water partition coefficient (Wildman–Crippen LogP) is 5.14. The van der Waals surface area contributed by atoms with Gasteiger partial charge in [-0.3, -0.25) is 9.05 Å². The van der Waals surface area contributed by atoms with Crippen molar-refractivity contribution in [2.45, 2.75) is 51.3 Å². The molecule has 0 aromatic heterocycles. The first-order valence-corrected chi connectivity index (χ1v) is 7.67. The van der Waals surface area contributed by atoms with Crippen molar-refractivity contribution in [3.63, 3.8) is 0 Å². The molecule has 0 aromatic carbocycles. The van der Waals surface area contributed by atoms with Crippen molar-refractivity contribution in [1.29, 1.82) is 0 Å². The van der Waals surface area contributed by atoms with E-state index in [1.54, 1.807) is 0 Å². The summed E-state index contributed by atoms with van der Waals surface area (Å²) in [4.78, 5) is 0. The van der Waals surface area contributed by atoms with E-state index in [0.717, 1.165) is 0 Å². The van der Waals surface area contributed by atoms with Crippen LogP contribution in [0.4, 0.5) is 30.7 Å². The monoisotopic (exact) mass is 364 g/mol. The molecule has 0 saturated heterocycles. The van der Waals surface area contributed by atoms with Gasteiger partial charge in [0.25, 0.3) is 0 Å². The highest BCUT2D eigenvalue weighted by atomic mass is 31.2. The van der Waals surface area contributed by atoms with Gasteiger partial charge in [-0.2, -0.15) is 30.7 Å². The fourth-order valence-electron chi connectivity index (χ4n) is 1.06. The Morgan fingerprint density at radius 3 is 1.59 bits per heavy atom. The van der Waals surface area contributed by atoms with Gasteiger partial charge in [-0.15, -0.1) is 0 Å². The molecule has 0 unspecified atom stereocenters. The summed E-state index contributed by atoms with van der Waals surface area (Å²) in [6.45, 7) is 2.12. The van der Waals surface area contributed by atoms with Crippen LogP contribution in [-0.4, -0.2) is 31.4 Å². The molecule has 0 aromatic rings. The number of hydrogen-bond donors (Lipinski definition) is 0. The van der Waals surface area contributed by atoms with Gasteiger partial charge < -0.3 is 0 Å². The normalized spacial score (nSPS) is 14.4. The minimum absolute atomic E-state index is 0.160. The Kier molecular flexibility index (Phi) is 7.80. The van der Waals surface area contributed by atoms with Crippen molar-refractivity contribution in [2.24, 2.45) is 0 Å². The number of rotatable bonds is 10. The Bertz CT molecular complexity index is 374. The van der Waals surface area contributed by atoms with Crippen molar-refractivity contribution >= 4 is 7.82 Å². The Morgan fingerprint density at radius 1 is 0.864 bits per heavy atom. The van der Waals surface area contributed by atoms with Crippen LogP contribution in [0.3, 0.4) is 0 Å². The standard InChI is InChI=1S/C10H16F7O4P/c1-3-5-19-22(18,20-6-4-2)21-10(16,17)8(11,12)7-9(13,14)15/h3-7H2,1-2H3. The molecule has 0 saturated carbocycles. The van der Waals surface area contributed by atoms with Gasteiger partial charge in [-0.25, -0.2) is 9.09 Å². The van der Waals surface area contributed by atoms with Crippen LogP contribution < -0.4 is 0 Å². The Labute approximate surface area is 122 Å². The molecule has 0 aliphatic carbocycles. The molecule has 0 rings (SSSR count). The zero-order chi connectivity index (χ0) is 17.7. The van der Waals surface area contributed by atoms with Gasteiger partial charge in [-0.1, -0.05) is 13.8 Å². The maximum Gasteiger partial charge on any atom is 0.479 e. The molecule has 4 nitrogen and oxygen atoms in total. The molecule has 0 amide bonds. The second kappa shape index (κ2) is 7.94. The van der Waals surface area contributed by atoms with Crippen molar-refractivity contribution < 1.29 is 48.9 Å². The highest BCUT2D eigenvalue weighted by Gasteiger charge is 2.65. The molecular weight excluding hydrogens is 348 g/mol. The molecule has 0 heterocycles. The first-order valence-electron chi connectivity index (χ1n) is 6.21. The summed E-state index contributed by atoms with van der Waals surface area (Å²) < 4.78 is 112. The maximum absolute atomic E-state index is 13.3. The van der Waals surface area contributed by atoms with Crippen LogP contribution >= 0.6 is 7.82 Å². The zero-order valence-corrected chi connectivity index (χ0v) is 12.7. The van der Waals surface area contributed by atoms with Crippen LogP contribution in [0.1, 0.15) is 33.1 Å². The molecule has 0 fully saturated rings. The first kappa shape index (κ1) is 21.6. The Balaban J connectivity index is 5.18. The van der Waals surface area contributed by atoms with E-state index in [0.29, 0.717) is 0 Å². The van der Waals surface area contributed by atoms with Crippen LogP contribution in [-0.2, 0) is 18.1 Å². The number of phosphoric ester groups is 1. The minimum Gasteiger partial charge on any atom is -0.287 e. The van der Waals surface area contributed by atoms with Gasteiger partial charge in [0.2, 0.25) is 0 Å². The molecule has 22 heavy (non-hydrogen) atoms. The maximum atomic E-state index is 13.3. The van der Waals surface area contributed by atoms with Gasteiger partial charge in [0.05, 0.1) is 13.2 Å². The molecule has 0 aliphatic rings. The summed E-state index contributed by atoms with van der Waals surface area (Å²) in [5.41, 5.74) is 0. The molecule has 12 heteroatoms. The van der Waals surface area contributed by atoms with E-state index < -0.39 is 45.7 Å². The predicted molar refractivity (Wildman–Crippen MR) is 61.7 cm³/mol. The number of hydrogen-bond acceptors (Lipinski definition) is 4. The number of phosphoric acid groups is 1. The van der Waals surface area contributed by atoms with Crippen LogP contribution in [0.15, 0.2) is 0 Å². The van der Waals surface area contributed by atoms with Gasteiger partial charge >= 0.3 is 26.0 Å². The van der Waals surface area contributed by atoms with Crippen molar-refractivity contribution in [3.8, 4) is 0 Å². The SMILES string of the molecule is CCCOP(=O)(OCCC)OC(F)(F)C(F)(F)CC(F)(F)F. The summed E-state index contributed by atoms with van der Waals surface area (Å²) in [6.07, 6.45) is -14.1. The summed E-state index contributed by atoms with van der Waals surface area (Å²) in [5.74, 6) is -5.63. The lowest BCUT2D eigenvalue weighted by Crippen LogP contribution is -2.45. The van der Waals surface area contributed by atoms with E-state index in [2.05, 4.69) is 13.6 Å². The lowest BCUT2D eigenvalue weighted by molar-refractivity contribution is -0.339. The van der Waals surface area contributed by atoms with Crippen LogP contribution in [0, 0.1) is 0 Å². The average Bonchev–Trinajstić information content (AvgIpc) is 2.30. The van der Waals surface area contributed by atoms with Gasteiger partial charge in [0.15, 0.2) is 0 Å². The highest BCUT2D eigenvalue weighted by Crippen LogP contribution is 2.57. The van der Waals surface area contributed by atoms with Crippen LogP contribution in [0.25, 0.3) is 0 Å². The lowest BCUT2D eigenvalue weighted by atomic mass is 10.2. The molecule has 0 radical (unpaired) electrons. The summed E-state index contributed by atoms with van der Waals surface area (Å²) in [7, 11) is -5.13. The van der Waals surface area contributed by atoms with Crippen molar-refractivity contribution in [2.75, 3.05) is 13.2 Å². The van der Waals surface area contributed by atoms with Crippen molar-refractivity contribution in [3.05, 3.63) is 0 Å². The van der Waals surface area contributed by atoms with Gasteiger partial charge in [0, 0.05) is 0 Å². The average molecular weight is 364 g/mol. The van der Waals surface area contributed by atoms with Gasteiger partial charge in [0.1, 0.15) is 6.42 Å². The molecule has 0 atom stereocenters. The smallest absolute Gasteiger partial charge is 0.287 e. The molecule has 0 aliphatic heterocycles. The topological polar surface area (TPSA) is 44.8 Å². The molecule has 0 spiro atoms. The van der Waals surface area contributed by atoms with Crippen molar-refractivity contribution in [1.82, 2.24) is 0 Å². The van der Waals surface area contributed by atoms with Gasteiger partial charge in [-0.05, 0) is 12.8 Å². The number of halogens is 7. The second-order valence-electron chi connectivity index (χ2n) is 4.22. The summed E-state index contributed by atoms with van der Waals surface area (Å²) >= 11 is 0. The minimum atomic E-state index is -5.68. The molecule has 0 N–H and O–H groups in total. The fraction of sp³-hybridized carbons (Fsp3) is 1.00. The Hall–Kier alpha value is -0.380. The van der Waals surface area contributed by atoms with E-state index >= 15 is 0 Å². The van der Waals surface area contributed by atoms with E-state index in [9.17, 15) is 35.3 Å². The third-order valence-electron chi connectivity index (χ3n) is 1.98. The van der Waals surface area contributed by atoms with E-state index in [4.69, 9.17) is 0 Å². The van der Waals surface area contributed by atoms with E-state index in [1.807, 2.05) is 0 Å². The third kappa shape index (κ3) is 7.26. The largest absolute Gasteiger partial charge is 0.479 e. The third-order valence-corrected chi connectivity index (χ3v) is 3.43. The van der Waals surface area contributed by atoms with E-state index in [-0.39, 0.29) is 12.8 Å². The molecule has 0 bridgehead atoms. The molecule has 134 valence electrons. The Morgan fingerprint density at radius 2 is 1.27 bits per heavy atom. The highest BCUT2D eigenvalue weighted by molar-refractivity contribution is 7.48. The lowest BCUT2D eigenvalue weighted by Gasteiger charge is -2.29. The summed E-state index contributed by atoms with van der Waals surface area (Å²) in [5, 5.41) is 0. The van der Waals surface area contributed by atoms with Crippen LogP contribution in [0.2, 0.25) is 0 Å². The number of alkyl halides is 7. The summed E-state index contributed by atoms with van der Waals surface area (Å²) in [6, 6.07) is 0.